The van der Waals surface area contributed by atoms with Crippen LogP contribution in [0.1, 0.15) is 26.7 Å². The van der Waals surface area contributed by atoms with E-state index in [0.29, 0.717) is 24.7 Å². The molecule has 1 aromatic carbocycles. The molecule has 0 saturated carbocycles. The topological polar surface area (TPSA) is 59.6 Å². The van der Waals surface area contributed by atoms with Gasteiger partial charge in [0, 0.05) is 18.3 Å². The summed E-state index contributed by atoms with van der Waals surface area (Å²) in [5, 5.41) is 6.22. The van der Waals surface area contributed by atoms with Crippen LogP contribution in [0.5, 0.6) is 11.5 Å². The zero-order chi connectivity index (χ0) is 15.1. The van der Waals surface area contributed by atoms with Crippen molar-refractivity contribution in [1.29, 1.82) is 0 Å². The summed E-state index contributed by atoms with van der Waals surface area (Å²) in [5.74, 6) is 1.48. The fraction of sp³-hybridized carbons (Fsp3) is 0.562. The smallest absolute Gasteiger partial charge is 0.228 e. The van der Waals surface area contributed by atoms with Gasteiger partial charge in [0.2, 0.25) is 5.91 Å². The molecule has 1 heterocycles. The quantitative estimate of drug-likeness (QED) is 0.845. The average molecular weight is 292 g/mol. The van der Waals surface area contributed by atoms with Crippen LogP contribution in [-0.2, 0) is 4.79 Å². The lowest BCUT2D eigenvalue weighted by Crippen LogP contribution is -2.37. The van der Waals surface area contributed by atoms with Crippen molar-refractivity contribution in [2.45, 2.75) is 26.7 Å². The van der Waals surface area contributed by atoms with Gasteiger partial charge in [0.05, 0.1) is 19.1 Å². The van der Waals surface area contributed by atoms with E-state index in [1.165, 1.54) is 0 Å². The summed E-state index contributed by atoms with van der Waals surface area (Å²) >= 11 is 0. The maximum absolute atomic E-state index is 12.2. The number of anilines is 1. The number of hydrogen-bond donors (Lipinski definition) is 2. The molecule has 116 valence electrons. The van der Waals surface area contributed by atoms with Gasteiger partial charge in [0.15, 0.2) is 11.5 Å². The van der Waals surface area contributed by atoms with Crippen molar-refractivity contribution >= 4 is 11.6 Å². The molecule has 5 nitrogen and oxygen atoms in total. The largest absolute Gasteiger partial charge is 0.490 e. The summed E-state index contributed by atoms with van der Waals surface area (Å²) in [6.45, 7) is 6.75. The molecule has 0 radical (unpaired) electrons. The van der Waals surface area contributed by atoms with Crippen molar-refractivity contribution in [1.82, 2.24) is 5.32 Å². The van der Waals surface area contributed by atoms with Crippen LogP contribution < -0.4 is 20.1 Å². The molecule has 0 aliphatic carbocycles. The Bertz CT molecular complexity index is 471. The molecule has 1 aromatic rings. The van der Waals surface area contributed by atoms with Gasteiger partial charge >= 0.3 is 0 Å². The second kappa shape index (κ2) is 7.88. The van der Waals surface area contributed by atoms with Crippen molar-refractivity contribution in [3.05, 3.63) is 18.2 Å². The van der Waals surface area contributed by atoms with E-state index in [2.05, 4.69) is 10.6 Å². The maximum Gasteiger partial charge on any atom is 0.228 e. The highest BCUT2D eigenvalue weighted by atomic mass is 16.5. The second-order valence-corrected chi connectivity index (χ2v) is 5.06. The number of carbonyl (C=O) groups is 1. The predicted octanol–water partition coefficient (Wildman–Crippen LogP) is 2.42. The van der Waals surface area contributed by atoms with Crippen molar-refractivity contribution in [2.24, 2.45) is 5.92 Å². The zero-order valence-electron chi connectivity index (χ0n) is 12.8. The van der Waals surface area contributed by atoms with Gasteiger partial charge in [0.25, 0.3) is 0 Å². The molecule has 0 aromatic heterocycles. The van der Waals surface area contributed by atoms with E-state index < -0.39 is 0 Å². The minimum absolute atomic E-state index is 0.0425. The zero-order valence-corrected chi connectivity index (χ0v) is 12.8. The molecule has 1 saturated heterocycles. The number of amides is 1. The van der Waals surface area contributed by atoms with E-state index >= 15 is 0 Å². The second-order valence-electron chi connectivity index (χ2n) is 5.06. The Morgan fingerprint density at radius 1 is 1.29 bits per heavy atom. The molecule has 2 rings (SSSR count). The molecule has 2 N–H and O–H groups in total. The Labute approximate surface area is 126 Å². The first kappa shape index (κ1) is 15.6. The lowest BCUT2D eigenvalue weighted by Gasteiger charge is -2.22. The van der Waals surface area contributed by atoms with Crippen molar-refractivity contribution in [3.63, 3.8) is 0 Å². The van der Waals surface area contributed by atoms with Gasteiger partial charge < -0.3 is 20.1 Å². The van der Waals surface area contributed by atoms with Crippen LogP contribution in [0.3, 0.4) is 0 Å². The number of nitrogens with one attached hydrogen (secondary N) is 2. The van der Waals surface area contributed by atoms with Crippen LogP contribution >= 0.6 is 0 Å². The fourth-order valence-corrected chi connectivity index (χ4v) is 2.45. The van der Waals surface area contributed by atoms with E-state index in [-0.39, 0.29) is 11.8 Å². The van der Waals surface area contributed by atoms with Gasteiger partial charge in [-0.2, -0.15) is 0 Å². The molecule has 1 atom stereocenters. The standard InChI is InChI=1S/C16H24N2O3/c1-3-20-14-8-7-13(10-15(14)21-4-2)18-16(19)12-6-5-9-17-11-12/h7-8,10,12,17H,3-6,9,11H2,1-2H3,(H,18,19). The lowest BCUT2D eigenvalue weighted by molar-refractivity contribution is -0.120. The highest BCUT2D eigenvalue weighted by molar-refractivity contribution is 5.93. The monoisotopic (exact) mass is 292 g/mol. The van der Waals surface area contributed by atoms with Crippen molar-refractivity contribution in [3.8, 4) is 11.5 Å². The van der Waals surface area contributed by atoms with Gasteiger partial charge in [-0.25, -0.2) is 0 Å². The molecule has 1 unspecified atom stereocenters. The molecule has 0 spiro atoms. The molecule has 1 amide bonds. The fourth-order valence-electron chi connectivity index (χ4n) is 2.45. The summed E-state index contributed by atoms with van der Waals surface area (Å²) in [6, 6.07) is 5.51. The van der Waals surface area contributed by atoms with Crippen LogP contribution in [-0.4, -0.2) is 32.2 Å². The number of carbonyl (C=O) groups excluding carboxylic acids is 1. The van der Waals surface area contributed by atoms with Crippen LogP contribution in [0.4, 0.5) is 5.69 Å². The van der Waals surface area contributed by atoms with E-state index in [1.807, 2.05) is 32.0 Å². The van der Waals surface area contributed by atoms with Crippen LogP contribution in [0.2, 0.25) is 0 Å². The Morgan fingerprint density at radius 3 is 2.71 bits per heavy atom. The number of hydrogen-bond acceptors (Lipinski definition) is 4. The number of ether oxygens (including phenoxy) is 2. The maximum atomic E-state index is 12.2. The Morgan fingerprint density at radius 2 is 2.05 bits per heavy atom. The van der Waals surface area contributed by atoms with Gasteiger partial charge in [0.1, 0.15) is 0 Å². The third-order valence-electron chi connectivity index (χ3n) is 3.48. The minimum atomic E-state index is 0.0425. The first-order valence-corrected chi connectivity index (χ1v) is 7.65. The molecule has 5 heteroatoms. The van der Waals surface area contributed by atoms with Gasteiger partial charge in [-0.3, -0.25) is 4.79 Å². The lowest BCUT2D eigenvalue weighted by atomic mass is 9.99. The molecule has 21 heavy (non-hydrogen) atoms. The van der Waals surface area contributed by atoms with Crippen LogP contribution in [0.25, 0.3) is 0 Å². The highest BCUT2D eigenvalue weighted by Gasteiger charge is 2.21. The van der Waals surface area contributed by atoms with Crippen molar-refractivity contribution in [2.75, 3.05) is 31.6 Å². The summed E-state index contributed by atoms with van der Waals surface area (Å²) in [7, 11) is 0. The van der Waals surface area contributed by atoms with Crippen molar-refractivity contribution < 1.29 is 14.3 Å². The van der Waals surface area contributed by atoms with Gasteiger partial charge in [-0.15, -0.1) is 0 Å². The van der Waals surface area contributed by atoms with Crippen LogP contribution in [0.15, 0.2) is 18.2 Å². The third kappa shape index (κ3) is 4.36. The summed E-state index contributed by atoms with van der Waals surface area (Å²) in [4.78, 5) is 12.2. The molecule has 1 fully saturated rings. The number of piperidine rings is 1. The van der Waals surface area contributed by atoms with Gasteiger partial charge in [-0.05, 0) is 45.4 Å². The third-order valence-corrected chi connectivity index (χ3v) is 3.48. The molecule has 1 aliphatic rings. The Balaban J connectivity index is 2.05. The number of benzene rings is 1. The summed E-state index contributed by atoms with van der Waals surface area (Å²) < 4.78 is 11.1. The van der Waals surface area contributed by atoms with E-state index in [4.69, 9.17) is 9.47 Å². The number of rotatable bonds is 6. The minimum Gasteiger partial charge on any atom is -0.490 e. The van der Waals surface area contributed by atoms with Gasteiger partial charge in [-0.1, -0.05) is 0 Å². The van der Waals surface area contributed by atoms with E-state index in [9.17, 15) is 4.79 Å². The first-order valence-electron chi connectivity index (χ1n) is 7.65. The molecular weight excluding hydrogens is 268 g/mol. The van der Waals surface area contributed by atoms with E-state index in [1.54, 1.807) is 0 Å². The average Bonchev–Trinajstić information content (AvgIpc) is 2.51. The Kier molecular flexibility index (Phi) is 5.87. The normalized spacial score (nSPS) is 18.1. The Hall–Kier alpha value is -1.75. The SMILES string of the molecule is CCOc1ccc(NC(=O)C2CCCNC2)cc1OCC. The predicted molar refractivity (Wildman–Crippen MR) is 83.0 cm³/mol. The molecular formula is C16H24N2O3. The highest BCUT2D eigenvalue weighted by Crippen LogP contribution is 2.31. The first-order chi connectivity index (χ1) is 10.2. The van der Waals surface area contributed by atoms with E-state index in [0.717, 1.165) is 31.6 Å². The molecule has 0 bridgehead atoms. The summed E-state index contributed by atoms with van der Waals surface area (Å²) in [6.07, 6.45) is 1.99. The van der Waals surface area contributed by atoms with Crippen LogP contribution in [0, 0.1) is 5.92 Å². The summed E-state index contributed by atoms with van der Waals surface area (Å²) in [5.41, 5.74) is 0.748. The molecule has 1 aliphatic heterocycles.